The lowest BCUT2D eigenvalue weighted by molar-refractivity contribution is -0.140. The van der Waals surface area contributed by atoms with E-state index in [4.69, 9.17) is 17.0 Å². The van der Waals surface area contributed by atoms with Gasteiger partial charge in [-0.1, -0.05) is 29.8 Å². The van der Waals surface area contributed by atoms with Crippen LogP contribution in [0, 0.1) is 11.7 Å². The number of hydrogen-bond acceptors (Lipinski definition) is 6. The van der Waals surface area contributed by atoms with Gasteiger partial charge in [-0.2, -0.15) is 4.98 Å². The fourth-order valence-corrected chi connectivity index (χ4v) is 3.99. The second-order valence-corrected chi connectivity index (χ2v) is 7.43. The lowest BCUT2D eigenvalue weighted by Crippen LogP contribution is -2.42. The standard InChI is InChI=1S/C16H20N4O2S2/c1-11-3-5-12(6-4-11)14-17-16(23)20(18-14)10-19-7-8-24-13(9-19)15(21)22-2/h3-6,13H,7-10H2,1-2H3,(H,17,18,23)/t13-/m1/s1. The highest BCUT2D eigenvalue weighted by Gasteiger charge is 2.27. The number of aromatic amines is 1. The summed E-state index contributed by atoms with van der Waals surface area (Å²) < 4.78 is 7.20. The van der Waals surface area contributed by atoms with E-state index in [2.05, 4.69) is 21.9 Å². The van der Waals surface area contributed by atoms with Gasteiger partial charge in [0.1, 0.15) is 5.25 Å². The number of aromatic nitrogens is 3. The second kappa shape index (κ2) is 7.50. The molecule has 6 nitrogen and oxygen atoms in total. The Balaban J connectivity index is 1.73. The number of carbonyl (C=O) groups excluding carboxylic acids is 1. The summed E-state index contributed by atoms with van der Waals surface area (Å²) in [7, 11) is 1.43. The predicted molar refractivity (Wildman–Crippen MR) is 97.4 cm³/mol. The quantitative estimate of drug-likeness (QED) is 0.664. The zero-order chi connectivity index (χ0) is 17.1. The topological polar surface area (TPSA) is 63.1 Å². The summed E-state index contributed by atoms with van der Waals surface area (Å²) in [5.74, 6) is 1.49. The lowest BCUT2D eigenvalue weighted by Gasteiger charge is -2.30. The van der Waals surface area contributed by atoms with Gasteiger partial charge in [-0.05, 0) is 19.1 Å². The summed E-state index contributed by atoms with van der Waals surface area (Å²) in [5, 5.41) is 3.12. The first-order valence-corrected chi connectivity index (χ1v) is 9.18. The van der Waals surface area contributed by atoms with Gasteiger partial charge in [0.05, 0.1) is 13.8 Å². The Morgan fingerprint density at radius 2 is 2.21 bits per heavy atom. The van der Waals surface area contributed by atoms with Crippen molar-refractivity contribution in [3.8, 4) is 11.4 Å². The van der Waals surface area contributed by atoms with Gasteiger partial charge in [0.15, 0.2) is 5.82 Å². The monoisotopic (exact) mass is 364 g/mol. The normalized spacial score (nSPS) is 18.5. The van der Waals surface area contributed by atoms with Gasteiger partial charge in [0.25, 0.3) is 0 Å². The van der Waals surface area contributed by atoms with Gasteiger partial charge in [-0.25, -0.2) is 4.68 Å². The molecule has 24 heavy (non-hydrogen) atoms. The average molecular weight is 364 g/mol. The van der Waals surface area contributed by atoms with E-state index in [1.54, 1.807) is 11.8 Å². The van der Waals surface area contributed by atoms with Crippen molar-refractivity contribution in [2.45, 2.75) is 18.8 Å². The van der Waals surface area contributed by atoms with E-state index in [-0.39, 0.29) is 11.2 Å². The third-order valence-electron chi connectivity index (χ3n) is 3.96. The summed E-state index contributed by atoms with van der Waals surface area (Å²) >= 11 is 7.01. The van der Waals surface area contributed by atoms with E-state index in [1.807, 2.05) is 28.9 Å². The highest BCUT2D eigenvalue weighted by molar-refractivity contribution is 8.00. The number of thioether (sulfide) groups is 1. The Morgan fingerprint density at radius 1 is 1.46 bits per heavy atom. The number of H-pyrrole nitrogens is 1. The molecule has 1 N–H and O–H groups in total. The number of ether oxygens (including phenoxy) is 1. The molecule has 128 valence electrons. The van der Waals surface area contributed by atoms with Crippen LogP contribution in [0.15, 0.2) is 24.3 Å². The molecule has 0 unspecified atom stereocenters. The van der Waals surface area contributed by atoms with Crippen molar-refractivity contribution >= 4 is 29.9 Å². The molecule has 1 aromatic heterocycles. The van der Waals surface area contributed by atoms with Gasteiger partial charge in [-0.3, -0.25) is 14.8 Å². The Bertz CT molecular complexity index is 769. The van der Waals surface area contributed by atoms with Gasteiger partial charge < -0.3 is 4.74 Å². The number of esters is 1. The molecule has 1 fully saturated rings. The van der Waals surface area contributed by atoms with Crippen LogP contribution in [0.25, 0.3) is 11.4 Å². The van der Waals surface area contributed by atoms with Gasteiger partial charge in [0, 0.05) is 24.4 Å². The van der Waals surface area contributed by atoms with Crippen LogP contribution < -0.4 is 0 Å². The summed E-state index contributed by atoms with van der Waals surface area (Å²) in [6.45, 7) is 4.19. The number of hydrogen-bond donors (Lipinski definition) is 1. The molecule has 1 atom stereocenters. The Kier molecular flexibility index (Phi) is 5.37. The fraction of sp³-hybridized carbons (Fsp3) is 0.438. The molecule has 0 saturated carbocycles. The number of aryl methyl sites for hydroxylation is 1. The van der Waals surface area contributed by atoms with Crippen LogP contribution in [0.3, 0.4) is 0 Å². The molecule has 3 rings (SSSR count). The number of methoxy groups -OCH3 is 1. The third-order valence-corrected chi connectivity index (χ3v) is 5.43. The maximum absolute atomic E-state index is 11.7. The Morgan fingerprint density at radius 3 is 2.92 bits per heavy atom. The van der Waals surface area contributed by atoms with Crippen LogP contribution in [-0.2, 0) is 16.2 Å². The summed E-state index contributed by atoms with van der Waals surface area (Å²) in [5.41, 5.74) is 2.21. The van der Waals surface area contributed by atoms with Crippen LogP contribution in [0.1, 0.15) is 5.56 Å². The van der Waals surface area contributed by atoms with Crippen LogP contribution >= 0.6 is 24.0 Å². The van der Waals surface area contributed by atoms with Crippen LogP contribution in [0.4, 0.5) is 0 Å². The first kappa shape index (κ1) is 17.2. The van der Waals surface area contributed by atoms with E-state index in [9.17, 15) is 4.79 Å². The molecule has 0 spiro atoms. The summed E-state index contributed by atoms with van der Waals surface area (Å²) in [6, 6.07) is 8.15. The first-order chi connectivity index (χ1) is 11.6. The number of nitrogens with one attached hydrogen (secondary N) is 1. The molecule has 0 bridgehead atoms. The molecular formula is C16H20N4O2S2. The maximum atomic E-state index is 11.7. The predicted octanol–water partition coefficient (Wildman–Crippen LogP) is 2.46. The zero-order valence-electron chi connectivity index (χ0n) is 13.7. The second-order valence-electron chi connectivity index (χ2n) is 5.75. The van der Waals surface area contributed by atoms with Crippen molar-refractivity contribution in [1.29, 1.82) is 0 Å². The van der Waals surface area contributed by atoms with E-state index in [1.165, 1.54) is 12.7 Å². The van der Waals surface area contributed by atoms with E-state index in [0.29, 0.717) is 18.0 Å². The fourth-order valence-electron chi connectivity index (χ4n) is 2.60. The van der Waals surface area contributed by atoms with Crippen LogP contribution in [0.5, 0.6) is 0 Å². The maximum Gasteiger partial charge on any atom is 0.320 e. The molecule has 0 aliphatic carbocycles. The summed E-state index contributed by atoms with van der Waals surface area (Å²) in [4.78, 5) is 18.4. The van der Waals surface area contributed by atoms with Crippen molar-refractivity contribution in [3.05, 3.63) is 34.6 Å². The molecule has 1 aliphatic rings. The Labute approximate surface area is 150 Å². The van der Waals surface area contributed by atoms with Crippen molar-refractivity contribution in [2.75, 3.05) is 26.0 Å². The smallest absolute Gasteiger partial charge is 0.320 e. The van der Waals surface area contributed by atoms with E-state index < -0.39 is 0 Å². The van der Waals surface area contributed by atoms with E-state index >= 15 is 0 Å². The molecule has 2 heterocycles. The summed E-state index contributed by atoms with van der Waals surface area (Å²) in [6.07, 6.45) is 0. The molecular weight excluding hydrogens is 344 g/mol. The van der Waals surface area contributed by atoms with Crippen molar-refractivity contribution < 1.29 is 9.53 Å². The minimum absolute atomic E-state index is 0.141. The van der Waals surface area contributed by atoms with Crippen molar-refractivity contribution in [2.24, 2.45) is 0 Å². The largest absolute Gasteiger partial charge is 0.468 e. The molecule has 2 aromatic rings. The molecule has 8 heteroatoms. The Hall–Kier alpha value is -1.64. The molecule has 1 aliphatic heterocycles. The number of nitrogens with zero attached hydrogens (tertiary/aromatic N) is 3. The van der Waals surface area contributed by atoms with Crippen molar-refractivity contribution in [3.63, 3.8) is 0 Å². The lowest BCUT2D eigenvalue weighted by atomic mass is 10.1. The molecule has 1 aromatic carbocycles. The van der Waals surface area contributed by atoms with Crippen molar-refractivity contribution in [1.82, 2.24) is 19.7 Å². The molecule has 0 amide bonds. The molecule has 1 saturated heterocycles. The number of rotatable bonds is 4. The van der Waals surface area contributed by atoms with Gasteiger partial charge in [0.2, 0.25) is 4.77 Å². The van der Waals surface area contributed by atoms with Crippen LogP contribution in [-0.4, -0.2) is 56.8 Å². The number of benzene rings is 1. The highest BCUT2D eigenvalue weighted by Crippen LogP contribution is 2.21. The van der Waals surface area contributed by atoms with E-state index in [0.717, 1.165) is 23.7 Å². The van der Waals surface area contributed by atoms with Gasteiger partial charge >= 0.3 is 5.97 Å². The minimum Gasteiger partial charge on any atom is -0.468 e. The first-order valence-electron chi connectivity index (χ1n) is 7.72. The molecule has 0 radical (unpaired) electrons. The minimum atomic E-state index is -0.168. The zero-order valence-corrected chi connectivity index (χ0v) is 15.3. The SMILES string of the molecule is COC(=O)[C@H]1CN(Cn2[nH]c(-c3ccc(C)cc3)nc2=S)CCS1. The highest BCUT2D eigenvalue weighted by atomic mass is 32.2. The average Bonchev–Trinajstić information content (AvgIpc) is 2.95. The van der Waals surface area contributed by atoms with Gasteiger partial charge in [-0.15, -0.1) is 11.8 Å². The third kappa shape index (κ3) is 3.88. The number of carbonyl (C=O) groups is 1. The van der Waals surface area contributed by atoms with Crippen LogP contribution in [0.2, 0.25) is 0 Å².